The minimum absolute atomic E-state index is 0.265. The fraction of sp³-hybridized carbons (Fsp3) is 0.467. The Morgan fingerprint density at radius 1 is 1.22 bits per heavy atom. The number of thiocarbonyl (C=S) groups is 1. The molecule has 2 N–H and O–H groups in total. The minimum atomic E-state index is -0.844. The Morgan fingerprint density at radius 3 is 2.39 bits per heavy atom. The first-order valence-corrected chi connectivity index (χ1v) is 8.54. The lowest BCUT2D eigenvalue weighted by molar-refractivity contribution is 0.0671. The molecule has 126 valence electrons. The molecule has 2 rings (SSSR count). The van der Waals surface area contributed by atoms with Gasteiger partial charge < -0.3 is 20.3 Å². The Balaban J connectivity index is 1.96. The van der Waals surface area contributed by atoms with Gasteiger partial charge in [-0.3, -0.25) is 4.79 Å². The molecule has 0 aromatic heterocycles. The number of carbonyl (C=O) groups excluding carboxylic acids is 1. The molecule has 1 atom stereocenters. The summed E-state index contributed by atoms with van der Waals surface area (Å²) >= 11 is 17.3. The molecule has 1 aromatic rings. The van der Waals surface area contributed by atoms with E-state index in [9.17, 15) is 4.79 Å². The lowest BCUT2D eigenvalue weighted by Crippen LogP contribution is -2.56. The molecule has 1 amide bonds. The maximum absolute atomic E-state index is 12.3. The number of amides is 1. The van der Waals surface area contributed by atoms with Crippen LogP contribution in [0.3, 0.4) is 0 Å². The summed E-state index contributed by atoms with van der Waals surface area (Å²) in [6.45, 7) is 4.58. The van der Waals surface area contributed by atoms with E-state index in [-0.39, 0.29) is 5.91 Å². The number of nitrogens with zero attached hydrogens (tertiary/aromatic N) is 1. The summed E-state index contributed by atoms with van der Waals surface area (Å²) in [4.78, 5) is 13.4. The van der Waals surface area contributed by atoms with Crippen molar-refractivity contribution in [1.29, 1.82) is 0 Å². The zero-order valence-electron chi connectivity index (χ0n) is 12.7. The minimum Gasteiger partial charge on any atom is -0.378 e. The molecule has 1 aromatic carbocycles. The van der Waals surface area contributed by atoms with Gasteiger partial charge in [-0.25, -0.2) is 0 Å². The Morgan fingerprint density at radius 2 is 1.83 bits per heavy atom. The molecule has 0 spiro atoms. The highest BCUT2D eigenvalue weighted by Crippen LogP contribution is 2.09. The predicted molar refractivity (Wildman–Crippen MR) is 96.1 cm³/mol. The van der Waals surface area contributed by atoms with Crippen LogP contribution < -0.4 is 10.6 Å². The van der Waals surface area contributed by atoms with Crippen LogP contribution in [-0.4, -0.2) is 53.2 Å². The Labute approximate surface area is 151 Å². The van der Waals surface area contributed by atoms with Crippen LogP contribution in [0.1, 0.15) is 15.9 Å². The van der Waals surface area contributed by atoms with Crippen LogP contribution in [0.2, 0.25) is 0 Å². The average Bonchev–Trinajstić information content (AvgIpc) is 2.55. The van der Waals surface area contributed by atoms with E-state index in [1.165, 1.54) is 0 Å². The van der Waals surface area contributed by atoms with Gasteiger partial charge in [0, 0.05) is 18.7 Å². The standard InChI is InChI=1S/C15H19Cl2N3O2S/c1-10-2-4-11(5-3-10)14(21)18-13(12(16)17)19-15(23)20-6-8-22-9-7-20/h2-5,12-13H,6-9H2,1H3,(H,18,21)(H,19,23). The van der Waals surface area contributed by atoms with Crippen LogP contribution in [0.4, 0.5) is 0 Å². The summed E-state index contributed by atoms with van der Waals surface area (Å²) in [7, 11) is 0. The molecule has 8 heteroatoms. The number of rotatable bonds is 4. The first-order chi connectivity index (χ1) is 11.0. The lowest BCUT2D eigenvalue weighted by Gasteiger charge is -2.32. The summed E-state index contributed by atoms with van der Waals surface area (Å²) in [6.07, 6.45) is -0.678. The van der Waals surface area contributed by atoms with Gasteiger partial charge in [-0.2, -0.15) is 0 Å². The van der Waals surface area contributed by atoms with Crippen molar-refractivity contribution in [3.8, 4) is 0 Å². The first kappa shape index (κ1) is 18.3. The zero-order chi connectivity index (χ0) is 16.8. The molecule has 1 aliphatic heterocycles. The average molecular weight is 376 g/mol. The number of ether oxygens (including phenoxy) is 1. The molecular formula is C15H19Cl2N3O2S. The Hall–Kier alpha value is -1.08. The molecule has 5 nitrogen and oxygen atoms in total. The van der Waals surface area contributed by atoms with Crippen molar-refractivity contribution in [1.82, 2.24) is 15.5 Å². The molecule has 0 bridgehead atoms. The monoisotopic (exact) mass is 375 g/mol. The molecule has 1 heterocycles. The van der Waals surface area contributed by atoms with E-state index in [4.69, 9.17) is 40.2 Å². The van der Waals surface area contributed by atoms with Gasteiger partial charge in [0.1, 0.15) is 11.0 Å². The number of halogens is 2. The smallest absolute Gasteiger partial charge is 0.252 e. The van der Waals surface area contributed by atoms with Crippen LogP contribution in [0.25, 0.3) is 0 Å². The van der Waals surface area contributed by atoms with E-state index in [2.05, 4.69) is 10.6 Å². The summed E-state index contributed by atoms with van der Waals surface area (Å²) in [5.74, 6) is -0.265. The number of hydrogen-bond donors (Lipinski definition) is 2. The van der Waals surface area contributed by atoms with Crippen molar-refractivity contribution >= 4 is 46.4 Å². The molecule has 0 aliphatic carbocycles. The van der Waals surface area contributed by atoms with Gasteiger partial charge in [-0.1, -0.05) is 17.7 Å². The van der Waals surface area contributed by atoms with Gasteiger partial charge in [-0.15, -0.1) is 23.2 Å². The number of hydrogen-bond acceptors (Lipinski definition) is 3. The van der Waals surface area contributed by atoms with Crippen molar-refractivity contribution < 1.29 is 9.53 Å². The van der Waals surface area contributed by atoms with Crippen molar-refractivity contribution in [2.75, 3.05) is 26.3 Å². The normalized spacial score (nSPS) is 16.1. The highest BCUT2D eigenvalue weighted by molar-refractivity contribution is 7.80. The van der Waals surface area contributed by atoms with E-state index in [0.717, 1.165) is 5.56 Å². The number of benzene rings is 1. The molecule has 0 saturated carbocycles. The first-order valence-electron chi connectivity index (χ1n) is 7.26. The molecule has 0 radical (unpaired) electrons. The molecule has 1 fully saturated rings. The topological polar surface area (TPSA) is 53.6 Å². The molecule has 1 aliphatic rings. The second kappa shape index (κ2) is 8.68. The van der Waals surface area contributed by atoms with Crippen molar-refractivity contribution in [3.05, 3.63) is 35.4 Å². The molecular weight excluding hydrogens is 357 g/mol. The molecule has 1 saturated heterocycles. The van der Waals surface area contributed by atoms with Crippen molar-refractivity contribution in [2.24, 2.45) is 0 Å². The summed E-state index contributed by atoms with van der Waals surface area (Å²) in [5, 5.41) is 6.26. The van der Waals surface area contributed by atoms with E-state index < -0.39 is 11.0 Å². The van der Waals surface area contributed by atoms with Crippen LogP contribution in [0.15, 0.2) is 24.3 Å². The van der Waals surface area contributed by atoms with Gasteiger partial charge in [-0.05, 0) is 31.3 Å². The van der Waals surface area contributed by atoms with Gasteiger partial charge >= 0.3 is 0 Å². The SMILES string of the molecule is Cc1ccc(C(=O)NC(NC(=S)N2CCOCC2)C(Cl)Cl)cc1. The number of aryl methyl sites for hydroxylation is 1. The van der Waals surface area contributed by atoms with Gasteiger partial charge in [0.25, 0.3) is 5.91 Å². The summed E-state index contributed by atoms with van der Waals surface area (Å²) in [5.41, 5.74) is 1.62. The number of alkyl halides is 2. The van der Waals surface area contributed by atoms with Crippen molar-refractivity contribution in [3.63, 3.8) is 0 Å². The lowest BCUT2D eigenvalue weighted by atomic mass is 10.1. The van der Waals surface area contributed by atoms with E-state index >= 15 is 0 Å². The largest absolute Gasteiger partial charge is 0.378 e. The van der Waals surface area contributed by atoms with E-state index in [1.54, 1.807) is 12.1 Å². The third kappa shape index (κ3) is 5.49. The predicted octanol–water partition coefficient (Wildman–Crippen LogP) is 2.06. The second-order valence-electron chi connectivity index (χ2n) is 5.20. The summed E-state index contributed by atoms with van der Waals surface area (Å²) in [6, 6.07) is 7.24. The van der Waals surface area contributed by atoms with Gasteiger partial charge in [0.15, 0.2) is 5.11 Å². The second-order valence-corrected chi connectivity index (χ2v) is 6.75. The van der Waals surface area contributed by atoms with Gasteiger partial charge in [0.2, 0.25) is 0 Å². The fourth-order valence-electron chi connectivity index (χ4n) is 2.08. The van der Waals surface area contributed by atoms with Crippen LogP contribution in [0.5, 0.6) is 0 Å². The van der Waals surface area contributed by atoms with Gasteiger partial charge in [0.05, 0.1) is 13.2 Å². The van der Waals surface area contributed by atoms with Crippen LogP contribution >= 0.6 is 35.4 Å². The van der Waals surface area contributed by atoms with Crippen molar-refractivity contribution in [2.45, 2.75) is 17.9 Å². The quantitative estimate of drug-likeness (QED) is 0.479. The third-order valence-electron chi connectivity index (χ3n) is 3.43. The fourth-order valence-corrected chi connectivity index (χ4v) is 2.64. The maximum Gasteiger partial charge on any atom is 0.252 e. The van der Waals surface area contributed by atoms with Crippen LogP contribution in [-0.2, 0) is 4.74 Å². The Kier molecular flexibility index (Phi) is 6.89. The zero-order valence-corrected chi connectivity index (χ0v) is 15.0. The highest BCUT2D eigenvalue weighted by Gasteiger charge is 2.23. The molecule has 23 heavy (non-hydrogen) atoms. The Bertz CT molecular complexity index is 548. The van der Waals surface area contributed by atoms with Crippen LogP contribution in [0, 0.1) is 6.92 Å². The number of nitrogens with one attached hydrogen (secondary N) is 2. The van der Waals surface area contributed by atoms with E-state index in [1.807, 2.05) is 24.0 Å². The number of morpholine rings is 1. The number of carbonyl (C=O) groups is 1. The highest BCUT2D eigenvalue weighted by atomic mass is 35.5. The van der Waals surface area contributed by atoms with E-state index in [0.29, 0.717) is 37.0 Å². The maximum atomic E-state index is 12.3. The third-order valence-corrected chi connectivity index (χ3v) is 4.31. The summed E-state index contributed by atoms with van der Waals surface area (Å²) < 4.78 is 5.28. The molecule has 1 unspecified atom stereocenters.